The SMILES string of the molecule is CN(C1CCCN(c2ncnc3c2cnn3C)C1)S(C)(=O)=O. The number of likely N-dealkylation sites (N-methyl/N-ethyl adjacent to an activating group) is 1. The van der Waals surface area contributed by atoms with E-state index in [4.69, 9.17) is 0 Å². The fourth-order valence-electron chi connectivity index (χ4n) is 2.92. The monoisotopic (exact) mass is 324 g/mol. The molecule has 1 atom stereocenters. The molecule has 1 aliphatic heterocycles. The molecule has 1 saturated heterocycles. The third-order valence-corrected chi connectivity index (χ3v) is 5.59. The minimum absolute atomic E-state index is 0.0366. The number of anilines is 1. The summed E-state index contributed by atoms with van der Waals surface area (Å²) in [6.45, 7) is 1.49. The van der Waals surface area contributed by atoms with Gasteiger partial charge in [-0.25, -0.2) is 22.7 Å². The molecule has 0 bridgehead atoms. The van der Waals surface area contributed by atoms with Crippen LogP contribution < -0.4 is 4.90 Å². The summed E-state index contributed by atoms with van der Waals surface area (Å²) in [5, 5.41) is 5.12. The summed E-state index contributed by atoms with van der Waals surface area (Å²) in [4.78, 5) is 10.8. The van der Waals surface area contributed by atoms with Crippen molar-refractivity contribution in [2.24, 2.45) is 7.05 Å². The Bertz CT molecular complexity index is 787. The Labute approximate surface area is 129 Å². The number of nitrogens with zero attached hydrogens (tertiary/aromatic N) is 6. The summed E-state index contributed by atoms with van der Waals surface area (Å²) in [6, 6.07) is -0.0366. The van der Waals surface area contributed by atoms with Crippen molar-refractivity contribution in [3.8, 4) is 0 Å². The van der Waals surface area contributed by atoms with E-state index in [9.17, 15) is 8.42 Å². The molecule has 120 valence electrons. The number of sulfonamides is 1. The largest absolute Gasteiger partial charge is 0.354 e. The van der Waals surface area contributed by atoms with Gasteiger partial charge in [0.2, 0.25) is 10.0 Å². The van der Waals surface area contributed by atoms with E-state index in [1.54, 1.807) is 17.9 Å². The molecule has 0 aliphatic carbocycles. The van der Waals surface area contributed by atoms with Crippen LogP contribution in [-0.4, -0.2) is 64.9 Å². The van der Waals surface area contributed by atoms with Crippen LogP contribution in [-0.2, 0) is 17.1 Å². The van der Waals surface area contributed by atoms with Gasteiger partial charge in [0.1, 0.15) is 12.1 Å². The average Bonchev–Trinajstić information content (AvgIpc) is 2.87. The molecule has 0 amide bonds. The van der Waals surface area contributed by atoms with Crippen LogP contribution in [0.15, 0.2) is 12.5 Å². The van der Waals surface area contributed by atoms with Crippen molar-refractivity contribution in [3.63, 3.8) is 0 Å². The van der Waals surface area contributed by atoms with Crippen LogP contribution in [0.25, 0.3) is 11.0 Å². The molecule has 2 aromatic heterocycles. The van der Waals surface area contributed by atoms with Gasteiger partial charge in [-0.15, -0.1) is 0 Å². The molecule has 2 aromatic rings. The fourth-order valence-corrected chi connectivity index (χ4v) is 3.63. The molecule has 1 fully saturated rings. The number of aryl methyl sites for hydroxylation is 1. The maximum atomic E-state index is 11.8. The van der Waals surface area contributed by atoms with Crippen LogP contribution in [0.4, 0.5) is 5.82 Å². The highest BCUT2D eigenvalue weighted by atomic mass is 32.2. The number of hydrogen-bond donors (Lipinski definition) is 0. The van der Waals surface area contributed by atoms with Gasteiger partial charge in [-0.3, -0.25) is 4.68 Å². The van der Waals surface area contributed by atoms with Gasteiger partial charge >= 0.3 is 0 Å². The molecule has 22 heavy (non-hydrogen) atoms. The molecule has 1 aliphatic rings. The van der Waals surface area contributed by atoms with Crippen molar-refractivity contribution >= 4 is 26.9 Å². The van der Waals surface area contributed by atoms with E-state index in [1.807, 2.05) is 7.05 Å². The normalized spacial score (nSPS) is 20.0. The predicted molar refractivity (Wildman–Crippen MR) is 84.1 cm³/mol. The zero-order valence-corrected chi connectivity index (χ0v) is 13.8. The molecule has 0 radical (unpaired) electrons. The molecule has 0 spiro atoms. The Hall–Kier alpha value is -1.74. The topological polar surface area (TPSA) is 84.2 Å². The van der Waals surface area contributed by atoms with E-state index in [-0.39, 0.29) is 6.04 Å². The minimum atomic E-state index is -3.19. The lowest BCUT2D eigenvalue weighted by atomic mass is 10.1. The number of hydrogen-bond acceptors (Lipinski definition) is 6. The molecule has 1 unspecified atom stereocenters. The van der Waals surface area contributed by atoms with Crippen LogP contribution in [0, 0.1) is 0 Å². The van der Waals surface area contributed by atoms with Crippen molar-refractivity contribution in [2.45, 2.75) is 18.9 Å². The maximum absolute atomic E-state index is 11.8. The van der Waals surface area contributed by atoms with Gasteiger partial charge in [0.05, 0.1) is 17.8 Å². The summed E-state index contributed by atoms with van der Waals surface area (Å²) in [7, 11) is 0.296. The van der Waals surface area contributed by atoms with Crippen molar-refractivity contribution < 1.29 is 8.42 Å². The highest BCUT2D eigenvalue weighted by Crippen LogP contribution is 2.26. The van der Waals surface area contributed by atoms with E-state index >= 15 is 0 Å². The first kappa shape index (κ1) is 15.2. The molecular formula is C13H20N6O2S. The molecule has 9 heteroatoms. The summed E-state index contributed by atoms with van der Waals surface area (Å²) in [6.07, 6.45) is 6.32. The Kier molecular flexibility index (Phi) is 3.77. The first-order valence-corrected chi connectivity index (χ1v) is 9.03. The van der Waals surface area contributed by atoms with E-state index in [2.05, 4.69) is 20.0 Å². The maximum Gasteiger partial charge on any atom is 0.211 e. The summed E-state index contributed by atoms with van der Waals surface area (Å²) >= 11 is 0. The summed E-state index contributed by atoms with van der Waals surface area (Å²) in [5.74, 6) is 0.824. The van der Waals surface area contributed by atoms with Gasteiger partial charge in [0.15, 0.2) is 5.65 Å². The Morgan fingerprint density at radius 1 is 1.36 bits per heavy atom. The molecule has 0 N–H and O–H groups in total. The standard InChI is InChI=1S/C13H20N6O2S/c1-17-12-11(7-16-17)13(15-9-14-12)19-6-4-5-10(8-19)18(2)22(3,20)21/h7,9-10H,4-6,8H2,1-3H3. The smallest absolute Gasteiger partial charge is 0.211 e. The van der Waals surface area contributed by atoms with E-state index in [0.29, 0.717) is 6.54 Å². The molecular weight excluding hydrogens is 304 g/mol. The highest BCUT2D eigenvalue weighted by molar-refractivity contribution is 7.88. The second-order valence-electron chi connectivity index (χ2n) is 5.72. The molecule has 0 aromatic carbocycles. The molecule has 0 saturated carbocycles. The average molecular weight is 324 g/mol. The molecule has 3 heterocycles. The summed E-state index contributed by atoms with van der Waals surface area (Å²) in [5.41, 5.74) is 0.781. The zero-order chi connectivity index (χ0) is 15.9. The van der Waals surface area contributed by atoms with E-state index in [1.165, 1.54) is 16.9 Å². The number of aromatic nitrogens is 4. The number of fused-ring (bicyclic) bond motifs is 1. The predicted octanol–water partition coefficient (Wildman–Crippen LogP) is 0.223. The second kappa shape index (κ2) is 5.47. The lowest BCUT2D eigenvalue weighted by Crippen LogP contribution is -2.48. The Balaban J connectivity index is 1.91. The van der Waals surface area contributed by atoms with E-state index < -0.39 is 10.0 Å². The zero-order valence-electron chi connectivity index (χ0n) is 13.0. The van der Waals surface area contributed by atoms with Crippen LogP contribution in [0.3, 0.4) is 0 Å². The minimum Gasteiger partial charge on any atom is -0.354 e. The lowest BCUT2D eigenvalue weighted by molar-refractivity contribution is 0.321. The van der Waals surface area contributed by atoms with Crippen molar-refractivity contribution in [2.75, 3.05) is 31.3 Å². The van der Waals surface area contributed by atoms with Crippen molar-refractivity contribution in [1.29, 1.82) is 0 Å². The third kappa shape index (κ3) is 2.66. The first-order chi connectivity index (χ1) is 10.4. The van der Waals surface area contributed by atoms with Gasteiger partial charge in [-0.05, 0) is 12.8 Å². The van der Waals surface area contributed by atoms with E-state index in [0.717, 1.165) is 36.2 Å². The van der Waals surface area contributed by atoms with Crippen molar-refractivity contribution in [3.05, 3.63) is 12.5 Å². The van der Waals surface area contributed by atoms with Gasteiger partial charge in [0.25, 0.3) is 0 Å². The van der Waals surface area contributed by atoms with Gasteiger partial charge in [-0.1, -0.05) is 0 Å². The number of rotatable bonds is 3. The third-order valence-electron chi connectivity index (χ3n) is 4.24. The van der Waals surface area contributed by atoms with Crippen LogP contribution >= 0.6 is 0 Å². The van der Waals surface area contributed by atoms with Gasteiger partial charge in [-0.2, -0.15) is 5.10 Å². The van der Waals surface area contributed by atoms with Gasteiger partial charge < -0.3 is 4.90 Å². The number of piperidine rings is 1. The Morgan fingerprint density at radius 2 is 2.14 bits per heavy atom. The van der Waals surface area contributed by atoms with Crippen LogP contribution in [0.5, 0.6) is 0 Å². The fraction of sp³-hybridized carbons (Fsp3) is 0.615. The quantitative estimate of drug-likeness (QED) is 0.803. The van der Waals surface area contributed by atoms with Gasteiger partial charge in [0, 0.05) is 33.2 Å². The summed E-state index contributed by atoms with van der Waals surface area (Å²) < 4.78 is 26.7. The lowest BCUT2D eigenvalue weighted by Gasteiger charge is -2.37. The van der Waals surface area contributed by atoms with Crippen LogP contribution in [0.1, 0.15) is 12.8 Å². The van der Waals surface area contributed by atoms with Crippen molar-refractivity contribution in [1.82, 2.24) is 24.1 Å². The second-order valence-corrected chi connectivity index (χ2v) is 7.77. The molecule has 8 nitrogen and oxygen atoms in total. The highest BCUT2D eigenvalue weighted by Gasteiger charge is 2.29. The molecule has 3 rings (SSSR count). The van der Waals surface area contributed by atoms with Crippen LogP contribution in [0.2, 0.25) is 0 Å². The first-order valence-electron chi connectivity index (χ1n) is 7.18. The Morgan fingerprint density at radius 3 is 2.86 bits per heavy atom.